The number of dihydropyridines is 1. The Kier molecular flexibility index (Phi) is 5.71. The van der Waals surface area contributed by atoms with Crippen LogP contribution in [-0.2, 0) is 9.47 Å². The van der Waals surface area contributed by atoms with Crippen LogP contribution < -0.4 is 21.5 Å². The normalized spacial score (nSPS) is 21.7. The maximum absolute atomic E-state index is 10.4. The van der Waals surface area contributed by atoms with Crippen LogP contribution >= 0.6 is 0 Å². The van der Waals surface area contributed by atoms with Gasteiger partial charge in [0.1, 0.15) is 18.9 Å². The summed E-state index contributed by atoms with van der Waals surface area (Å²) in [6, 6.07) is 12.9. The summed E-state index contributed by atoms with van der Waals surface area (Å²) in [4.78, 5) is 0. The molecule has 4 rings (SSSR count). The number of rotatable bonds is 5. The number of anilines is 1. The number of nitrogens with two attached hydrogens (primary N) is 2. The van der Waals surface area contributed by atoms with E-state index in [2.05, 4.69) is 5.32 Å². The predicted octanol–water partition coefficient (Wildman–Crippen LogP) is 2.08. The summed E-state index contributed by atoms with van der Waals surface area (Å²) in [6.45, 7) is 1.99. The van der Waals surface area contributed by atoms with Gasteiger partial charge in [0.05, 0.1) is 19.8 Å². The third-order valence-electron chi connectivity index (χ3n) is 4.91. The summed E-state index contributed by atoms with van der Waals surface area (Å²) < 4.78 is 16.6. The minimum atomic E-state index is -0.323. The van der Waals surface area contributed by atoms with Crippen LogP contribution in [0.4, 0.5) is 5.69 Å². The molecule has 0 aromatic heterocycles. The van der Waals surface area contributed by atoms with E-state index < -0.39 is 0 Å². The van der Waals surface area contributed by atoms with Crippen LogP contribution in [0.15, 0.2) is 54.7 Å². The molecule has 7 heteroatoms. The van der Waals surface area contributed by atoms with Gasteiger partial charge in [0.2, 0.25) is 0 Å². The van der Waals surface area contributed by atoms with E-state index in [-0.39, 0.29) is 18.0 Å². The Morgan fingerprint density at radius 1 is 1.10 bits per heavy atom. The van der Waals surface area contributed by atoms with E-state index in [1.54, 1.807) is 12.1 Å². The number of phenols is 1. The Morgan fingerprint density at radius 2 is 1.90 bits per heavy atom. The molecule has 7 nitrogen and oxygen atoms in total. The number of benzene rings is 2. The molecule has 2 aliphatic rings. The lowest BCUT2D eigenvalue weighted by Gasteiger charge is -2.24. The van der Waals surface area contributed by atoms with E-state index in [0.29, 0.717) is 37.9 Å². The van der Waals surface area contributed by atoms with Crippen molar-refractivity contribution in [3.63, 3.8) is 0 Å². The zero-order valence-electron chi connectivity index (χ0n) is 16.0. The molecule has 1 unspecified atom stereocenters. The third kappa shape index (κ3) is 4.54. The van der Waals surface area contributed by atoms with Gasteiger partial charge in [0.15, 0.2) is 11.5 Å². The molecule has 29 heavy (non-hydrogen) atoms. The minimum absolute atomic E-state index is 0.0671. The molecule has 2 aliphatic heterocycles. The van der Waals surface area contributed by atoms with Crippen LogP contribution in [0.3, 0.4) is 0 Å². The highest BCUT2D eigenvalue weighted by Crippen LogP contribution is 2.33. The lowest BCUT2D eigenvalue weighted by Crippen LogP contribution is -2.36. The van der Waals surface area contributed by atoms with Crippen molar-refractivity contribution in [2.45, 2.75) is 12.3 Å². The molecule has 0 radical (unpaired) electrons. The van der Waals surface area contributed by atoms with Crippen LogP contribution in [-0.4, -0.2) is 43.8 Å². The number of nitrogen functional groups attached to an aromatic ring is 1. The van der Waals surface area contributed by atoms with Crippen LogP contribution in [0.5, 0.6) is 11.5 Å². The van der Waals surface area contributed by atoms with Crippen LogP contribution in [0.2, 0.25) is 0 Å². The lowest BCUT2D eigenvalue weighted by atomic mass is 9.95. The van der Waals surface area contributed by atoms with Crippen molar-refractivity contribution in [2.24, 2.45) is 5.73 Å². The zero-order valence-corrected chi connectivity index (χ0v) is 16.0. The van der Waals surface area contributed by atoms with E-state index in [0.717, 1.165) is 22.3 Å². The molecule has 6 N–H and O–H groups in total. The largest absolute Gasteiger partial charge is 0.504 e. The molecule has 2 heterocycles. The highest BCUT2D eigenvalue weighted by Gasteiger charge is 2.18. The summed E-state index contributed by atoms with van der Waals surface area (Å²) >= 11 is 0. The fourth-order valence-electron chi connectivity index (χ4n) is 3.31. The Balaban J connectivity index is 1.50. The second-order valence-electron chi connectivity index (χ2n) is 7.03. The van der Waals surface area contributed by atoms with Gasteiger partial charge in [-0.05, 0) is 52.6 Å². The van der Waals surface area contributed by atoms with Crippen LogP contribution in [0.25, 0.3) is 11.1 Å². The quantitative estimate of drug-likeness (QED) is 0.574. The highest BCUT2D eigenvalue weighted by molar-refractivity contribution is 5.87. The maximum Gasteiger partial charge on any atom is 0.161 e. The van der Waals surface area contributed by atoms with Gasteiger partial charge in [-0.25, -0.2) is 0 Å². The highest BCUT2D eigenvalue weighted by atomic mass is 16.6. The number of hydrogen-bond acceptors (Lipinski definition) is 7. The lowest BCUT2D eigenvalue weighted by molar-refractivity contribution is -0.101. The Hall–Kier alpha value is -3.00. The molecule has 2 aromatic rings. The van der Waals surface area contributed by atoms with Crippen molar-refractivity contribution in [3.05, 3.63) is 65.9 Å². The number of aromatic hydroxyl groups is 1. The molecule has 0 bridgehead atoms. The topological polar surface area (TPSA) is 112 Å². The first-order chi connectivity index (χ1) is 14.1. The standard InChI is InChI=1S/C22H25N3O4/c23-17-4-1-14(2-5-17)19-9-16(11-25-22(19)24)15-3-6-21(20(26)10-15)29-13-18-12-27-7-8-28-18/h1-6,9-11,18,22,25-26H,7-8,12-13,23-24H2/t18-,22?/m1/s1. The van der Waals surface area contributed by atoms with Crippen molar-refractivity contribution in [2.75, 3.05) is 32.2 Å². The molecule has 2 atom stereocenters. The monoisotopic (exact) mass is 395 g/mol. The number of nitrogens with one attached hydrogen (secondary N) is 1. The van der Waals surface area contributed by atoms with Gasteiger partial charge in [-0.3, -0.25) is 0 Å². The number of hydrogen-bond donors (Lipinski definition) is 4. The van der Waals surface area contributed by atoms with Gasteiger partial charge in [-0.1, -0.05) is 18.2 Å². The van der Waals surface area contributed by atoms with Crippen molar-refractivity contribution < 1.29 is 19.3 Å². The number of phenolic OH excluding ortho intramolecular Hbond substituents is 1. The third-order valence-corrected chi connectivity index (χ3v) is 4.91. The molecular formula is C22H25N3O4. The molecule has 2 aromatic carbocycles. The molecule has 0 spiro atoms. The molecular weight excluding hydrogens is 370 g/mol. The first-order valence-corrected chi connectivity index (χ1v) is 9.55. The van der Waals surface area contributed by atoms with E-state index in [1.807, 2.05) is 42.6 Å². The summed E-state index contributed by atoms with van der Waals surface area (Å²) in [5, 5.41) is 13.6. The van der Waals surface area contributed by atoms with Crippen molar-refractivity contribution in [1.82, 2.24) is 5.32 Å². The molecule has 1 saturated heterocycles. The molecule has 0 aliphatic carbocycles. The summed E-state index contributed by atoms with van der Waals surface area (Å²) in [7, 11) is 0. The van der Waals surface area contributed by atoms with Gasteiger partial charge >= 0.3 is 0 Å². The van der Waals surface area contributed by atoms with Gasteiger partial charge in [0.25, 0.3) is 0 Å². The van der Waals surface area contributed by atoms with Crippen molar-refractivity contribution in [3.8, 4) is 11.5 Å². The Bertz CT molecular complexity index is 918. The predicted molar refractivity (Wildman–Crippen MR) is 112 cm³/mol. The fourth-order valence-corrected chi connectivity index (χ4v) is 3.31. The molecule has 152 valence electrons. The molecule has 1 fully saturated rings. The first kappa shape index (κ1) is 19.3. The van der Waals surface area contributed by atoms with E-state index in [9.17, 15) is 5.11 Å². The van der Waals surface area contributed by atoms with Crippen molar-refractivity contribution >= 4 is 16.8 Å². The summed E-state index contributed by atoms with van der Waals surface area (Å²) in [6.07, 6.45) is 3.40. The van der Waals surface area contributed by atoms with Gasteiger partial charge in [0, 0.05) is 11.9 Å². The van der Waals surface area contributed by atoms with Crippen molar-refractivity contribution in [1.29, 1.82) is 0 Å². The van der Waals surface area contributed by atoms with Crippen LogP contribution in [0.1, 0.15) is 11.1 Å². The number of allylic oxidation sites excluding steroid dienone is 2. The minimum Gasteiger partial charge on any atom is -0.504 e. The first-order valence-electron chi connectivity index (χ1n) is 9.55. The SMILES string of the molecule is Nc1ccc(C2=CC(c3ccc(OC[C@H]4COCCO4)c(O)c3)=CNC2N)cc1. The van der Waals surface area contributed by atoms with E-state index >= 15 is 0 Å². The summed E-state index contributed by atoms with van der Waals surface area (Å²) in [5.41, 5.74) is 16.4. The van der Waals surface area contributed by atoms with Gasteiger partial charge in [-0.2, -0.15) is 0 Å². The Labute approximate surface area is 169 Å². The van der Waals surface area contributed by atoms with Crippen LogP contribution in [0, 0.1) is 0 Å². The Morgan fingerprint density at radius 3 is 2.62 bits per heavy atom. The average Bonchev–Trinajstić information content (AvgIpc) is 2.75. The maximum atomic E-state index is 10.4. The molecule has 0 amide bonds. The second-order valence-corrected chi connectivity index (χ2v) is 7.03. The van der Waals surface area contributed by atoms with Gasteiger partial charge < -0.3 is 36.1 Å². The fraction of sp³-hybridized carbons (Fsp3) is 0.273. The van der Waals surface area contributed by atoms with E-state index in [4.69, 9.17) is 25.7 Å². The average molecular weight is 395 g/mol. The van der Waals surface area contributed by atoms with E-state index in [1.165, 1.54) is 0 Å². The zero-order chi connectivity index (χ0) is 20.2. The smallest absolute Gasteiger partial charge is 0.161 e. The second kappa shape index (κ2) is 8.57. The number of ether oxygens (including phenoxy) is 3. The van der Waals surface area contributed by atoms with Gasteiger partial charge in [-0.15, -0.1) is 0 Å². The summed E-state index contributed by atoms with van der Waals surface area (Å²) in [5.74, 6) is 0.476. The molecule has 0 saturated carbocycles.